The van der Waals surface area contributed by atoms with E-state index in [0.717, 1.165) is 27.6 Å². The molecule has 4 saturated heterocycles. The third kappa shape index (κ3) is 7.22. The molecule has 1 aromatic heterocycles. The lowest BCUT2D eigenvalue weighted by Crippen LogP contribution is -2.52. The van der Waals surface area contributed by atoms with Gasteiger partial charge >= 0.3 is 27.2 Å². The van der Waals surface area contributed by atoms with Gasteiger partial charge in [0, 0.05) is 25.1 Å². The molecule has 0 aliphatic carbocycles. The van der Waals surface area contributed by atoms with Gasteiger partial charge in [-0.2, -0.15) is 5.10 Å². The zero-order chi connectivity index (χ0) is 36.0. The highest BCUT2D eigenvalue weighted by molar-refractivity contribution is 6.84. The molecule has 3 aromatic carbocycles. The lowest BCUT2D eigenvalue weighted by Gasteiger charge is -2.37. The van der Waals surface area contributed by atoms with Crippen molar-refractivity contribution >= 4 is 43.9 Å². The molecule has 12 nitrogen and oxygen atoms in total. The molecule has 4 fully saturated rings. The predicted octanol–water partition coefficient (Wildman–Crippen LogP) is 3.67. The normalized spacial score (nSPS) is 23.6. The summed E-state index contributed by atoms with van der Waals surface area (Å²) in [5.74, 6) is -0.168. The van der Waals surface area contributed by atoms with Gasteiger partial charge in [0.15, 0.2) is 5.79 Å². The van der Waals surface area contributed by atoms with Crippen LogP contribution < -0.4 is 4.72 Å². The Kier molecular flexibility index (Phi) is 9.83. The van der Waals surface area contributed by atoms with Crippen LogP contribution in [0.25, 0.3) is 10.9 Å². The number of benzene rings is 3. The average molecular weight is 705 g/mol. The molecule has 270 valence electrons. The van der Waals surface area contributed by atoms with Crippen LogP contribution in [-0.4, -0.2) is 113 Å². The second-order valence-corrected chi connectivity index (χ2v) is 14.8. The van der Waals surface area contributed by atoms with Crippen LogP contribution in [0.3, 0.4) is 0 Å². The summed E-state index contributed by atoms with van der Waals surface area (Å²) in [5.41, 5.74) is 3.92. The molecule has 5 heterocycles. The molecular weight excluding hydrogens is 659 g/mol. The molecule has 4 atom stereocenters. The van der Waals surface area contributed by atoms with Gasteiger partial charge in [-0.05, 0) is 75.2 Å². The van der Waals surface area contributed by atoms with Crippen LogP contribution in [0.5, 0.6) is 0 Å². The van der Waals surface area contributed by atoms with E-state index < -0.39 is 25.0 Å². The number of hydrogen-bond donors (Lipinski definition) is 2. The van der Waals surface area contributed by atoms with Gasteiger partial charge < -0.3 is 43.4 Å². The standard InChI is InChI=1S/C37H46B3N5O7/c1-37(2)51-33-31(21-26-12-6-4-7-13-26)42(18-10-11-19-46)36(47)43(32(34(33)52-37)22-27-14-8-5-9-15-27)23-28-16-17-30-29(20-28)35(41-45(30)38(3)48)44(39-24-49-39)40-25-50-40/h4-9,12-17,20,31-34,46,48H,10-11,18-19,21-25H2,1-3H3/t31-,32-,33+,34+/m1/s1. The van der Waals surface area contributed by atoms with E-state index in [4.69, 9.17) is 23.9 Å². The monoisotopic (exact) mass is 705 g/mol. The van der Waals surface area contributed by atoms with Crippen molar-refractivity contribution in [2.75, 3.05) is 30.9 Å². The number of aromatic nitrogens is 2. The van der Waals surface area contributed by atoms with Crippen molar-refractivity contribution in [3.05, 3.63) is 95.6 Å². The molecule has 4 aliphatic rings. The van der Waals surface area contributed by atoms with Crippen LogP contribution in [0.1, 0.15) is 43.4 Å². The molecule has 0 radical (unpaired) electrons. The van der Waals surface area contributed by atoms with Gasteiger partial charge in [-0.15, -0.1) is 0 Å². The van der Waals surface area contributed by atoms with Crippen molar-refractivity contribution in [1.29, 1.82) is 0 Å². The maximum Gasteiger partial charge on any atom is 0.431 e. The first-order valence-corrected chi connectivity index (χ1v) is 18.5. The highest BCUT2D eigenvalue weighted by atomic mass is 16.8. The first kappa shape index (κ1) is 35.2. The van der Waals surface area contributed by atoms with E-state index in [2.05, 4.69) is 30.3 Å². The Morgan fingerprint density at radius 2 is 1.44 bits per heavy atom. The summed E-state index contributed by atoms with van der Waals surface area (Å²) in [6.07, 6.45) is 1.62. The van der Waals surface area contributed by atoms with Crippen molar-refractivity contribution in [1.82, 2.24) is 19.5 Å². The van der Waals surface area contributed by atoms with Crippen LogP contribution in [0.2, 0.25) is 6.82 Å². The van der Waals surface area contributed by atoms with Crippen molar-refractivity contribution in [2.45, 2.75) is 83.0 Å². The molecule has 0 bridgehead atoms. The number of urea groups is 1. The molecule has 15 heteroatoms. The number of carbonyl (C=O) groups excluding carboxylic acids is 1. The zero-order valence-corrected chi connectivity index (χ0v) is 30.1. The van der Waals surface area contributed by atoms with Gasteiger partial charge in [-0.1, -0.05) is 66.7 Å². The Morgan fingerprint density at radius 1 is 0.865 bits per heavy atom. The number of amides is 2. The summed E-state index contributed by atoms with van der Waals surface area (Å²) in [6, 6.07) is 25.8. The molecule has 4 aliphatic heterocycles. The smallest absolute Gasteiger partial charge is 0.431 e. The fourth-order valence-corrected chi connectivity index (χ4v) is 8.03. The highest BCUT2D eigenvalue weighted by Crippen LogP contribution is 2.41. The molecule has 0 saturated carbocycles. The van der Waals surface area contributed by atoms with Crippen molar-refractivity contribution in [3.8, 4) is 0 Å². The Balaban J connectivity index is 1.23. The average Bonchev–Trinajstić information content (AvgIpc) is 4.08. The summed E-state index contributed by atoms with van der Waals surface area (Å²) >= 11 is 0. The first-order valence-electron chi connectivity index (χ1n) is 18.5. The SMILES string of the molecule is CB(O)n1nc(N(B2CO2)B2CO2)c2cc(CN3C(=O)N(CCCCO)[C@H](Cc4ccccc4)[C@@H]4OC(C)(C)O[C@H]4[C@H]3Cc3ccccc3)ccc21. The minimum absolute atomic E-state index is 0.0573. The quantitative estimate of drug-likeness (QED) is 0.115. The minimum atomic E-state index is -0.857. The van der Waals surface area contributed by atoms with Gasteiger partial charge in [-0.3, -0.25) is 4.59 Å². The molecule has 8 rings (SSSR count). The predicted molar refractivity (Wildman–Crippen MR) is 201 cm³/mol. The van der Waals surface area contributed by atoms with E-state index in [1.54, 1.807) is 11.4 Å². The number of hydrogen-bond acceptors (Lipinski definition) is 9. The fraction of sp³-hybridized carbons (Fsp3) is 0.459. The summed E-state index contributed by atoms with van der Waals surface area (Å²) in [4.78, 5) is 19.2. The van der Waals surface area contributed by atoms with Crippen LogP contribution >= 0.6 is 0 Å². The third-order valence-electron chi connectivity index (χ3n) is 10.6. The molecule has 52 heavy (non-hydrogen) atoms. The van der Waals surface area contributed by atoms with E-state index in [1.165, 1.54) is 0 Å². The first-order chi connectivity index (χ1) is 25.2. The second kappa shape index (κ2) is 14.5. The topological polar surface area (TPSA) is 129 Å². The molecular formula is C37H46B3N5O7. The Bertz CT molecular complexity index is 1850. The number of anilines is 1. The van der Waals surface area contributed by atoms with Crippen LogP contribution in [0, 0.1) is 0 Å². The Labute approximate surface area is 306 Å². The van der Waals surface area contributed by atoms with E-state index in [1.807, 2.05) is 76.9 Å². The van der Waals surface area contributed by atoms with Crippen LogP contribution in [-0.2, 0) is 38.2 Å². The number of aliphatic hydroxyl groups is 1. The largest absolute Gasteiger partial charge is 0.431 e. The minimum Gasteiger partial charge on any atom is -0.431 e. The van der Waals surface area contributed by atoms with Gasteiger partial charge in [0.05, 0.1) is 30.6 Å². The molecule has 0 unspecified atom stereocenters. The molecule has 4 aromatic rings. The number of carbonyl (C=O) groups is 1. The number of rotatable bonds is 14. The van der Waals surface area contributed by atoms with Gasteiger partial charge in [0.2, 0.25) is 0 Å². The zero-order valence-electron chi connectivity index (χ0n) is 30.1. The fourth-order valence-electron chi connectivity index (χ4n) is 8.03. The van der Waals surface area contributed by atoms with Crippen molar-refractivity contribution < 1.29 is 33.7 Å². The second-order valence-electron chi connectivity index (χ2n) is 14.8. The summed E-state index contributed by atoms with van der Waals surface area (Å²) < 4.78 is 28.7. The van der Waals surface area contributed by atoms with Crippen LogP contribution in [0.4, 0.5) is 10.6 Å². The van der Waals surface area contributed by atoms with Crippen molar-refractivity contribution in [2.24, 2.45) is 0 Å². The lowest BCUT2D eigenvalue weighted by molar-refractivity contribution is -0.157. The summed E-state index contributed by atoms with van der Waals surface area (Å²) in [7, 11) is -1.11. The molecule has 2 N–H and O–H groups in total. The van der Waals surface area contributed by atoms with Gasteiger partial charge in [0.1, 0.15) is 18.0 Å². The number of ether oxygens (including phenoxy) is 2. The summed E-state index contributed by atoms with van der Waals surface area (Å²) in [6.45, 7) is 7.62. The van der Waals surface area contributed by atoms with Crippen molar-refractivity contribution in [3.63, 3.8) is 0 Å². The summed E-state index contributed by atoms with van der Waals surface area (Å²) in [5, 5.41) is 26.1. The number of fused-ring (bicyclic) bond motifs is 2. The number of unbranched alkanes of at least 4 members (excludes halogenated alkanes) is 1. The molecule has 2 amide bonds. The van der Waals surface area contributed by atoms with E-state index in [-0.39, 0.29) is 38.8 Å². The maximum atomic E-state index is 15.3. The Hall–Kier alpha value is -3.85. The number of aliphatic hydroxyl groups excluding tert-OH is 1. The van der Waals surface area contributed by atoms with E-state index in [9.17, 15) is 10.1 Å². The van der Waals surface area contributed by atoms with E-state index in [0.29, 0.717) is 57.6 Å². The maximum absolute atomic E-state index is 15.3. The third-order valence-corrected chi connectivity index (χ3v) is 10.6. The molecule has 0 spiro atoms. The van der Waals surface area contributed by atoms with E-state index >= 15 is 4.79 Å². The van der Waals surface area contributed by atoms with Gasteiger partial charge in [-0.25, -0.2) is 4.79 Å². The highest BCUT2D eigenvalue weighted by Gasteiger charge is 2.56. The lowest BCUT2D eigenvalue weighted by atomic mass is 9.76. The Morgan fingerprint density at radius 3 is 1.98 bits per heavy atom. The number of nitrogens with zero attached hydrogens (tertiary/aromatic N) is 5. The van der Waals surface area contributed by atoms with Crippen LogP contribution in [0.15, 0.2) is 78.9 Å². The van der Waals surface area contributed by atoms with Gasteiger partial charge in [0.25, 0.3) is 0 Å².